The van der Waals surface area contributed by atoms with Crippen LogP contribution in [-0.4, -0.2) is 24.8 Å². The molecule has 1 saturated heterocycles. The van der Waals surface area contributed by atoms with Crippen molar-refractivity contribution < 1.29 is 9.63 Å². The van der Waals surface area contributed by atoms with Gasteiger partial charge in [-0.05, 0) is 0 Å². The fourth-order valence-electron chi connectivity index (χ4n) is 1.07. The van der Waals surface area contributed by atoms with E-state index in [1.807, 2.05) is 0 Å². The molecule has 2 heterocycles. The summed E-state index contributed by atoms with van der Waals surface area (Å²) >= 11 is 0. The highest BCUT2D eigenvalue weighted by Gasteiger charge is 2.35. The van der Waals surface area contributed by atoms with Gasteiger partial charge in [0.05, 0.1) is 5.71 Å². The first-order chi connectivity index (χ1) is 4.38. The van der Waals surface area contributed by atoms with E-state index in [1.165, 1.54) is 0 Å². The predicted molar refractivity (Wildman–Crippen MR) is 29.9 cm³/mol. The van der Waals surface area contributed by atoms with E-state index in [4.69, 9.17) is 0 Å². The maximum atomic E-state index is 10.7. The lowest BCUT2D eigenvalue weighted by molar-refractivity contribution is -0.143. The van der Waals surface area contributed by atoms with Gasteiger partial charge in [-0.3, -0.25) is 0 Å². The van der Waals surface area contributed by atoms with E-state index in [0.29, 0.717) is 13.1 Å². The van der Waals surface area contributed by atoms with Crippen molar-refractivity contribution in [1.82, 2.24) is 5.32 Å². The van der Waals surface area contributed by atoms with Crippen molar-refractivity contribution in [3.05, 3.63) is 0 Å². The monoisotopic (exact) mass is 126 g/mol. The van der Waals surface area contributed by atoms with Crippen LogP contribution in [0.25, 0.3) is 0 Å². The van der Waals surface area contributed by atoms with Crippen LogP contribution in [0.2, 0.25) is 0 Å². The SMILES string of the molecule is O=C1ON=C2CNCC12. The average Bonchev–Trinajstić information content (AvgIpc) is 2.35. The summed E-state index contributed by atoms with van der Waals surface area (Å²) in [5.74, 6) is -0.292. The number of carbonyl (C=O) groups is 1. The fourth-order valence-corrected chi connectivity index (χ4v) is 1.07. The van der Waals surface area contributed by atoms with E-state index in [-0.39, 0.29) is 11.9 Å². The zero-order valence-electron chi connectivity index (χ0n) is 4.76. The second-order valence-corrected chi connectivity index (χ2v) is 2.18. The Kier molecular flexibility index (Phi) is 0.843. The molecule has 1 N–H and O–H groups in total. The molecule has 1 atom stereocenters. The molecule has 9 heavy (non-hydrogen) atoms. The van der Waals surface area contributed by atoms with Crippen LogP contribution in [-0.2, 0) is 9.63 Å². The highest BCUT2D eigenvalue weighted by atomic mass is 16.7. The van der Waals surface area contributed by atoms with E-state index in [0.717, 1.165) is 5.71 Å². The van der Waals surface area contributed by atoms with E-state index in [1.54, 1.807) is 0 Å². The average molecular weight is 126 g/mol. The Labute approximate surface area is 51.9 Å². The summed E-state index contributed by atoms with van der Waals surface area (Å²) in [5, 5.41) is 6.61. The Morgan fingerprint density at radius 1 is 1.78 bits per heavy atom. The van der Waals surface area contributed by atoms with Gasteiger partial charge in [-0.1, -0.05) is 5.16 Å². The Morgan fingerprint density at radius 2 is 2.67 bits per heavy atom. The molecule has 0 amide bonds. The normalized spacial score (nSPS) is 31.8. The van der Waals surface area contributed by atoms with Gasteiger partial charge in [0.15, 0.2) is 0 Å². The highest BCUT2D eigenvalue weighted by molar-refractivity contribution is 6.07. The van der Waals surface area contributed by atoms with E-state index in [9.17, 15) is 4.79 Å². The minimum atomic E-state index is -0.213. The summed E-state index contributed by atoms with van der Waals surface area (Å²) in [7, 11) is 0. The molecule has 0 bridgehead atoms. The van der Waals surface area contributed by atoms with Gasteiger partial charge in [-0.15, -0.1) is 0 Å². The second kappa shape index (κ2) is 1.54. The fraction of sp³-hybridized carbons (Fsp3) is 0.600. The van der Waals surface area contributed by atoms with Crippen molar-refractivity contribution in [2.75, 3.05) is 13.1 Å². The number of hydrogen-bond acceptors (Lipinski definition) is 4. The minimum Gasteiger partial charge on any atom is -0.317 e. The lowest BCUT2D eigenvalue weighted by atomic mass is 10.1. The molecule has 0 aromatic heterocycles. The van der Waals surface area contributed by atoms with Gasteiger partial charge in [-0.25, -0.2) is 4.79 Å². The topological polar surface area (TPSA) is 50.7 Å². The summed E-state index contributed by atoms with van der Waals surface area (Å²) in [6, 6.07) is 0. The molecule has 1 unspecified atom stereocenters. The summed E-state index contributed by atoms with van der Waals surface area (Å²) < 4.78 is 0. The Bertz CT molecular complexity index is 187. The lowest BCUT2D eigenvalue weighted by Gasteiger charge is -1.92. The molecule has 2 aliphatic heterocycles. The van der Waals surface area contributed by atoms with Crippen LogP contribution in [0, 0.1) is 5.92 Å². The molecule has 0 aliphatic carbocycles. The van der Waals surface area contributed by atoms with Crippen molar-refractivity contribution in [1.29, 1.82) is 0 Å². The molecule has 0 aromatic rings. The quantitative estimate of drug-likeness (QED) is 0.429. The van der Waals surface area contributed by atoms with E-state index >= 15 is 0 Å². The first-order valence-electron chi connectivity index (χ1n) is 2.86. The molecular formula is C5H6N2O2. The number of nitrogens with one attached hydrogen (secondary N) is 1. The van der Waals surface area contributed by atoms with Gasteiger partial charge in [0.2, 0.25) is 0 Å². The summed E-state index contributed by atoms with van der Waals surface area (Å²) in [4.78, 5) is 15.1. The van der Waals surface area contributed by atoms with Crippen molar-refractivity contribution in [2.45, 2.75) is 0 Å². The number of rotatable bonds is 0. The lowest BCUT2D eigenvalue weighted by Crippen LogP contribution is -2.17. The summed E-state index contributed by atoms with van der Waals surface area (Å²) in [6.07, 6.45) is 0. The van der Waals surface area contributed by atoms with Crippen LogP contribution in [0.15, 0.2) is 5.16 Å². The highest BCUT2D eigenvalue weighted by Crippen LogP contribution is 2.14. The van der Waals surface area contributed by atoms with Gasteiger partial charge in [0.25, 0.3) is 0 Å². The van der Waals surface area contributed by atoms with Crippen molar-refractivity contribution in [2.24, 2.45) is 11.1 Å². The Morgan fingerprint density at radius 3 is 3.44 bits per heavy atom. The van der Waals surface area contributed by atoms with Gasteiger partial charge in [0, 0.05) is 13.1 Å². The van der Waals surface area contributed by atoms with Gasteiger partial charge in [0.1, 0.15) is 5.92 Å². The van der Waals surface area contributed by atoms with Crippen molar-refractivity contribution in [3.8, 4) is 0 Å². The predicted octanol–water partition coefficient (Wildman–Crippen LogP) is -0.881. The number of oxime groups is 1. The summed E-state index contributed by atoms with van der Waals surface area (Å²) in [6.45, 7) is 1.40. The molecule has 4 nitrogen and oxygen atoms in total. The molecule has 0 radical (unpaired) electrons. The third kappa shape index (κ3) is 0.564. The maximum Gasteiger partial charge on any atom is 0.345 e. The van der Waals surface area contributed by atoms with Crippen LogP contribution in [0.5, 0.6) is 0 Å². The van der Waals surface area contributed by atoms with Crippen LogP contribution in [0.1, 0.15) is 0 Å². The Hall–Kier alpha value is -0.900. The minimum absolute atomic E-state index is 0.0787. The third-order valence-electron chi connectivity index (χ3n) is 1.59. The zero-order valence-corrected chi connectivity index (χ0v) is 4.76. The van der Waals surface area contributed by atoms with Crippen LogP contribution in [0.3, 0.4) is 0 Å². The second-order valence-electron chi connectivity index (χ2n) is 2.18. The smallest absolute Gasteiger partial charge is 0.317 e. The molecule has 2 rings (SSSR count). The molecular weight excluding hydrogens is 120 g/mol. The first-order valence-corrected chi connectivity index (χ1v) is 2.86. The standard InChI is InChI=1S/C5H6N2O2/c8-5-3-1-6-2-4(3)7-9-5/h3,6H,1-2H2. The third-order valence-corrected chi connectivity index (χ3v) is 1.59. The molecule has 2 aliphatic rings. The van der Waals surface area contributed by atoms with Crippen LogP contribution >= 0.6 is 0 Å². The van der Waals surface area contributed by atoms with Gasteiger partial charge in [-0.2, -0.15) is 0 Å². The van der Waals surface area contributed by atoms with E-state index in [2.05, 4.69) is 15.3 Å². The van der Waals surface area contributed by atoms with Crippen LogP contribution < -0.4 is 5.32 Å². The largest absolute Gasteiger partial charge is 0.345 e. The van der Waals surface area contributed by atoms with Crippen LogP contribution in [0.4, 0.5) is 0 Å². The van der Waals surface area contributed by atoms with E-state index < -0.39 is 0 Å². The molecule has 4 heteroatoms. The Balaban J connectivity index is 2.28. The number of hydrogen-bond donors (Lipinski definition) is 1. The molecule has 1 fully saturated rings. The summed E-state index contributed by atoms with van der Waals surface area (Å²) in [5.41, 5.74) is 0.847. The molecule has 0 saturated carbocycles. The molecule has 0 spiro atoms. The number of carbonyl (C=O) groups excluding carboxylic acids is 1. The molecule has 48 valence electrons. The van der Waals surface area contributed by atoms with Crippen molar-refractivity contribution in [3.63, 3.8) is 0 Å². The molecule has 0 aromatic carbocycles. The maximum absolute atomic E-state index is 10.7. The first kappa shape index (κ1) is 4.93. The van der Waals surface area contributed by atoms with Crippen molar-refractivity contribution >= 4 is 11.7 Å². The zero-order chi connectivity index (χ0) is 6.27. The van der Waals surface area contributed by atoms with Gasteiger partial charge >= 0.3 is 5.97 Å². The number of fused-ring (bicyclic) bond motifs is 1. The van der Waals surface area contributed by atoms with Gasteiger partial charge < -0.3 is 10.2 Å². The number of nitrogens with zero attached hydrogens (tertiary/aromatic N) is 1.